The van der Waals surface area contributed by atoms with E-state index in [0.29, 0.717) is 6.42 Å². The third kappa shape index (κ3) is 4.32. The smallest absolute Gasteiger partial charge is 0.325 e. The van der Waals surface area contributed by atoms with E-state index in [-0.39, 0.29) is 18.3 Å². The second-order valence-corrected chi connectivity index (χ2v) is 4.54. The lowest BCUT2D eigenvalue weighted by atomic mass is 10.3. The monoisotopic (exact) mass is 267 g/mol. The van der Waals surface area contributed by atoms with Gasteiger partial charge in [-0.3, -0.25) is 9.59 Å². The zero-order valence-corrected chi connectivity index (χ0v) is 10.6. The number of aliphatic carboxylic acids is 1. The summed E-state index contributed by atoms with van der Waals surface area (Å²) in [5.41, 5.74) is 0. The summed E-state index contributed by atoms with van der Waals surface area (Å²) >= 11 is 0. The number of nitrogens with one attached hydrogen (secondary N) is 1. The van der Waals surface area contributed by atoms with Gasteiger partial charge in [0.15, 0.2) is 5.82 Å². The third-order valence-corrected chi connectivity index (χ3v) is 2.96. The lowest BCUT2D eigenvalue weighted by Crippen LogP contribution is -2.25. The Morgan fingerprint density at radius 1 is 1.37 bits per heavy atom. The molecule has 1 fully saturated rings. The lowest BCUT2D eigenvalue weighted by molar-refractivity contribution is -0.137. The van der Waals surface area contributed by atoms with Gasteiger partial charge in [0.1, 0.15) is 6.54 Å². The van der Waals surface area contributed by atoms with E-state index in [9.17, 15) is 9.59 Å². The van der Waals surface area contributed by atoms with Gasteiger partial charge in [-0.2, -0.15) is 0 Å². The van der Waals surface area contributed by atoms with Crippen molar-refractivity contribution in [2.24, 2.45) is 0 Å². The number of carboxylic acids is 1. The zero-order chi connectivity index (χ0) is 13.7. The van der Waals surface area contributed by atoms with E-state index in [4.69, 9.17) is 5.11 Å². The normalized spacial score (nSPS) is 15.6. The molecule has 19 heavy (non-hydrogen) atoms. The summed E-state index contributed by atoms with van der Waals surface area (Å²) in [5.74, 6) is -0.848. The first-order chi connectivity index (χ1) is 9.13. The third-order valence-electron chi connectivity index (χ3n) is 2.96. The van der Waals surface area contributed by atoms with Gasteiger partial charge in [0.25, 0.3) is 0 Å². The first kappa shape index (κ1) is 13.5. The molecular weight excluding hydrogens is 250 g/mol. The average Bonchev–Trinajstić information content (AvgIpc) is 2.97. The molecule has 0 saturated carbocycles. The fourth-order valence-electron chi connectivity index (χ4n) is 2.04. The van der Waals surface area contributed by atoms with Crippen molar-refractivity contribution in [2.45, 2.75) is 25.8 Å². The summed E-state index contributed by atoms with van der Waals surface area (Å²) in [6.07, 6.45) is 4.21. The molecule has 1 aromatic heterocycles. The lowest BCUT2D eigenvalue weighted by Gasteiger charge is -2.13. The Hall–Kier alpha value is -1.96. The molecular formula is C11H17N5O3. The molecule has 0 aromatic carbocycles. The molecule has 2 rings (SSSR count). The van der Waals surface area contributed by atoms with Crippen LogP contribution in [0.1, 0.15) is 19.3 Å². The van der Waals surface area contributed by atoms with E-state index in [1.54, 1.807) is 0 Å². The largest absolute Gasteiger partial charge is 0.480 e. The minimum absolute atomic E-state index is 0.130. The van der Waals surface area contributed by atoms with Crippen molar-refractivity contribution in [1.82, 2.24) is 19.9 Å². The number of anilines is 1. The van der Waals surface area contributed by atoms with E-state index in [0.717, 1.165) is 19.6 Å². The van der Waals surface area contributed by atoms with Gasteiger partial charge in [0.2, 0.25) is 5.91 Å². The van der Waals surface area contributed by atoms with Gasteiger partial charge in [0.05, 0.1) is 6.20 Å². The topological polar surface area (TPSA) is 100 Å². The minimum atomic E-state index is -1.00. The first-order valence-electron chi connectivity index (χ1n) is 6.27. The van der Waals surface area contributed by atoms with E-state index < -0.39 is 5.97 Å². The molecule has 1 aliphatic heterocycles. The second-order valence-electron chi connectivity index (χ2n) is 4.54. The van der Waals surface area contributed by atoms with Crippen LogP contribution in [0.3, 0.4) is 0 Å². The number of rotatable bonds is 6. The van der Waals surface area contributed by atoms with Crippen molar-refractivity contribution in [3.8, 4) is 0 Å². The van der Waals surface area contributed by atoms with Crippen LogP contribution in [0, 0.1) is 0 Å². The Morgan fingerprint density at radius 2 is 2.11 bits per heavy atom. The van der Waals surface area contributed by atoms with Gasteiger partial charge < -0.3 is 15.3 Å². The predicted molar refractivity (Wildman–Crippen MR) is 66.6 cm³/mol. The van der Waals surface area contributed by atoms with Crippen molar-refractivity contribution in [1.29, 1.82) is 0 Å². The van der Waals surface area contributed by atoms with Crippen LogP contribution >= 0.6 is 0 Å². The van der Waals surface area contributed by atoms with Gasteiger partial charge in [-0.05, 0) is 25.9 Å². The Labute approximate surface area is 110 Å². The van der Waals surface area contributed by atoms with Gasteiger partial charge >= 0.3 is 5.97 Å². The number of hydrogen-bond acceptors (Lipinski definition) is 5. The number of likely N-dealkylation sites (tertiary alicyclic amines) is 1. The highest BCUT2D eigenvalue weighted by Gasteiger charge is 2.13. The van der Waals surface area contributed by atoms with E-state index in [1.807, 2.05) is 0 Å². The molecule has 0 bridgehead atoms. The van der Waals surface area contributed by atoms with Crippen LogP contribution in [0.4, 0.5) is 5.82 Å². The molecule has 2 N–H and O–H groups in total. The Balaban J connectivity index is 1.74. The number of carbonyl (C=O) groups excluding carboxylic acids is 1. The van der Waals surface area contributed by atoms with Crippen LogP contribution in [0.15, 0.2) is 6.20 Å². The average molecular weight is 267 g/mol. The number of carboxylic acid groups (broad SMARTS) is 1. The number of aromatic nitrogens is 3. The quantitative estimate of drug-likeness (QED) is 0.739. The second kappa shape index (κ2) is 6.28. The van der Waals surface area contributed by atoms with Crippen LogP contribution in [-0.2, 0) is 16.1 Å². The molecule has 1 saturated heterocycles. The summed E-state index contributed by atoms with van der Waals surface area (Å²) < 4.78 is 1.17. The van der Waals surface area contributed by atoms with E-state index in [2.05, 4.69) is 20.5 Å². The molecule has 104 valence electrons. The zero-order valence-electron chi connectivity index (χ0n) is 10.6. The Morgan fingerprint density at radius 3 is 2.79 bits per heavy atom. The van der Waals surface area contributed by atoms with Crippen LogP contribution in [0.25, 0.3) is 0 Å². The summed E-state index contributed by atoms with van der Waals surface area (Å²) in [4.78, 5) is 24.4. The highest BCUT2D eigenvalue weighted by Crippen LogP contribution is 2.08. The van der Waals surface area contributed by atoms with Gasteiger partial charge in [-0.1, -0.05) is 5.21 Å². The molecule has 0 spiro atoms. The van der Waals surface area contributed by atoms with E-state index >= 15 is 0 Å². The molecule has 1 aliphatic rings. The molecule has 8 nitrogen and oxygen atoms in total. The van der Waals surface area contributed by atoms with Gasteiger partial charge in [0, 0.05) is 13.0 Å². The van der Waals surface area contributed by atoms with Crippen LogP contribution in [0.5, 0.6) is 0 Å². The molecule has 0 radical (unpaired) electrons. The molecule has 0 aliphatic carbocycles. The van der Waals surface area contributed by atoms with Crippen molar-refractivity contribution in [3.63, 3.8) is 0 Å². The van der Waals surface area contributed by atoms with Crippen molar-refractivity contribution in [2.75, 3.05) is 25.0 Å². The Bertz CT molecular complexity index is 453. The molecule has 1 aromatic rings. The summed E-state index contributed by atoms with van der Waals surface area (Å²) in [5, 5.41) is 18.5. The first-order valence-corrected chi connectivity index (χ1v) is 6.27. The van der Waals surface area contributed by atoms with Crippen LogP contribution < -0.4 is 5.32 Å². The summed E-state index contributed by atoms with van der Waals surface area (Å²) in [7, 11) is 0. The molecule has 8 heteroatoms. The maximum atomic E-state index is 11.7. The number of amides is 1. The minimum Gasteiger partial charge on any atom is -0.480 e. The maximum absolute atomic E-state index is 11.7. The Kier molecular flexibility index (Phi) is 4.45. The summed E-state index contributed by atoms with van der Waals surface area (Å²) in [6, 6.07) is 0. The highest BCUT2D eigenvalue weighted by atomic mass is 16.4. The number of hydrogen-bond donors (Lipinski definition) is 2. The highest BCUT2D eigenvalue weighted by molar-refractivity contribution is 5.89. The standard InChI is InChI=1S/C11H17N5O3/c17-10(3-6-15-4-1-2-5-15)12-9-7-16(14-13-9)8-11(18)19/h7H,1-6,8H2,(H,12,17)(H,18,19). The molecule has 0 atom stereocenters. The molecule has 2 heterocycles. The van der Waals surface area contributed by atoms with Crippen molar-refractivity contribution >= 4 is 17.7 Å². The fraction of sp³-hybridized carbons (Fsp3) is 0.636. The van der Waals surface area contributed by atoms with Crippen LogP contribution in [0.2, 0.25) is 0 Å². The number of carbonyl (C=O) groups is 2. The molecule has 0 unspecified atom stereocenters. The summed E-state index contributed by atoms with van der Waals surface area (Å²) in [6.45, 7) is 2.59. The van der Waals surface area contributed by atoms with Crippen molar-refractivity contribution in [3.05, 3.63) is 6.20 Å². The van der Waals surface area contributed by atoms with Crippen molar-refractivity contribution < 1.29 is 14.7 Å². The molecule has 1 amide bonds. The fourth-order valence-corrected chi connectivity index (χ4v) is 2.04. The van der Waals surface area contributed by atoms with Gasteiger partial charge in [-0.25, -0.2) is 4.68 Å². The number of nitrogens with zero attached hydrogens (tertiary/aromatic N) is 4. The van der Waals surface area contributed by atoms with E-state index in [1.165, 1.54) is 23.7 Å². The SMILES string of the molecule is O=C(O)Cn1cc(NC(=O)CCN2CCCC2)nn1. The maximum Gasteiger partial charge on any atom is 0.325 e. The van der Waals surface area contributed by atoms with Gasteiger partial charge in [-0.15, -0.1) is 5.10 Å². The predicted octanol–water partition coefficient (Wildman–Crippen LogP) is -0.213. The van der Waals surface area contributed by atoms with Crippen LogP contribution in [-0.4, -0.2) is 56.5 Å².